The lowest BCUT2D eigenvalue weighted by Crippen LogP contribution is -2.34. The van der Waals surface area contributed by atoms with E-state index in [1.807, 2.05) is 0 Å². The molecular weight excluding hydrogens is 238 g/mol. The Kier molecular flexibility index (Phi) is 5.40. The van der Waals surface area contributed by atoms with Gasteiger partial charge in [0.15, 0.2) is 0 Å². The predicted octanol–water partition coefficient (Wildman–Crippen LogP) is 3.49. The first-order chi connectivity index (χ1) is 8.79. The molecule has 0 aliphatic rings. The van der Waals surface area contributed by atoms with Gasteiger partial charge in [0, 0.05) is 18.8 Å². The quantitative estimate of drug-likeness (QED) is 0.854. The molecule has 1 aromatic carbocycles. The molecule has 0 heterocycles. The number of carboxylic acid groups (broad SMARTS) is 1. The molecular formula is C16H25NO2. The Morgan fingerprint density at radius 1 is 1.11 bits per heavy atom. The number of aliphatic carboxylic acids is 1. The molecule has 3 heteroatoms. The Hall–Kier alpha value is -1.51. The summed E-state index contributed by atoms with van der Waals surface area (Å²) in [7, 11) is 0. The summed E-state index contributed by atoms with van der Waals surface area (Å²) >= 11 is 0. The van der Waals surface area contributed by atoms with E-state index in [9.17, 15) is 4.79 Å². The van der Waals surface area contributed by atoms with E-state index in [-0.39, 0.29) is 5.92 Å². The highest BCUT2D eigenvalue weighted by Gasteiger charge is 2.17. The van der Waals surface area contributed by atoms with E-state index in [2.05, 4.69) is 50.8 Å². The van der Waals surface area contributed by atoms with Crippen LogP contribution in [0.1, 0.15) is 31.9 Å². The van der Waals surface area contributed by atoms with Crippen LogP contribution in [0.25, 0.3) is 0 Å². The van der Waals surface area contributed by atoms with E-state index in [4.69, 9.17) is 5.11 Å². The first-order valence-corrected chi connectivity index (χ1v) is 6.85. The average molecular weight is 263 g/mol. The van der Waals surface area contributed by atoms with E-state index in [1.54, 1.807) is 6.92 Å². The van der Waals surface area contributed by atoms with Crippen molar-refractivity contribution in [2.45, 2.75) is 34.6 Å². The average Bonchev–Trinajstić information content (AvgIpc) is 2.25. The Morgan fingerprint density at radius 2 is 1.63 bits per heavy atom. The van der Waals surface area contributed by atoms with Crippen molar-refractivity contribution < 1.29 is 9.90 Å². The summed E-state index contributed by atoms with van der Waals surface area (Å²) in [5.41, 5.74) is 3.55. The van der Waals surface area contributed by atoms with Crippen LogP contribution >= 0.6 is 0 Å². The van der Waals surface area contributed by atoms with Crippen LogP contribution in [-0.2, 0) is 4.79 Å². The lowest BCUT2D eigenvalue weighted by atomic mass is 10.1. The molecule has 0 aliphatic heterocycles. The van der Waals surface area contributed by atoms with Gasteiger partial charge in [-0.3, -0.25) is 4.79 Å². The highest BCUT2D eigenvalue weighted by molar-refractivity contribution is 5.70. The van der Waals surface area contributed by atoms with Gasteiger partial charge in [-0.25, -0.2) is 0 Å². The molecule has 0 radical (unpaired) electrons. The molecule has 0 aromatic heterocycles. The van der Waals surface area contributed by atoms with Crippen molar-refractivity contribution in [1.82, 2.24) is 0 Å². The molecule has 1 aromatic rings. The zero-order chi connectivity index (χ0) is 14.6. The summed E-state index contributed by atoms with van der Waals surface area (Å²) in [6, 6.07) is 6.39. The third-order valence-electron chi connectivity index (χ3n) is 3.07. The van der Waals surface area contributed by atoms with Crippen molar-refractivity contribution in [2.75, 3.05) is 18.0 Å². The molecule has 1 atom stereocenters. The molecule has 0 aliphatic carbocycles. The lowest BCUT2D eigenvalue weighted by molar-refractivity contribution is -0.140. The molecule has 106 valence electrons. The number of hydrogen-bond donors (Lipinski definition) is 1. The van der Waals surface area contributed by atoms with Gasteiger partial charge in [-0.05, 0) is 43.0 Å². The van der Waals surface area contributed by atoms with E-state index in [0.717, 1.165) is 12.2 Å². The summed E-state index contributed by atoms with van der Waals surface area (Å²) in [5.74, 6) is -0.598. The van der Waals surface area contributed by atoms with E-state index in [1.165, 1.54) is 11.1 Å². The van der Waals surface area contributed by atoms with Crippen LogP contribution in [0.5, 0.6) is 0 Å². The first-order valence-electron chi connectivity index (χ1n) is 6.85. The van der Waals surface area contributed by atoms with Crippen LogP contribution in [0.2, 0.25) is 0 Å². The van der Waals surface area contributed by atoms with Crippen molar-refractivity contribution in [3.05, 3.63) is 29.3 Å². The predicted molar refractivity (Wildman–Crippen MR) is 79.8 cm³/mol. The third kappa shape index (κ3) is 4.93. The Balaban J connectivity index is 2.98. The smallest absolute Gasteiger partial charge is 0.308 e. The number of benzene rings is 1. The molecule has 0 saturated carbocycles. The first kappa shape index (κ1) is 15.5. The normalized spacial score (nSPS) is 12.5. The summed E-state index contributed by atoms with van der Waals surface area (Å²) in [6.45, 7) is 11.6. The fourth-order valence-electron chi connectivity index (χ4n) is 2.27. The third-order valence-corrected chi connectivity index (χ3v) is 3.07. The maximum Gasteiger partial charge on any atom is 0.308 e. The largest absolute Gasteiger partial charge is 0.481 e. The highest BCUT2D eigenvalue weighted by Crippen LogP contribution is 2.21. The molecule has 1 rings (SSSR count). The molecule has 1 unspecified atom stereocenters. The number of nitrogens with zero attached hydrogens (tertiary/aromatic N) is 1. The fourth-order valence-corrected chi connectivity index (χ4v) is 2.27. The fraction of sp³-hybridized carbons (Fsp3) is 0.562. The maximum absolute atomic E-state index is 11.1. The van der Waals surface area contributed by atoms with Gasteiger partial charge < -0.3 is 10.0 Å². The van der Waals surface area contributed by atoms with E-state index in [0.29, 0.717) is 12.5 Å². The Morgan fingerprint density at radius 3 is 2.05 bits per heavy atom. The number of anilines is 1. The molecule has 3 nitrogen and oxygen atoms in total. The summed E-state index contributed by atoms with van der Waals surface area (Å²) in [4.78, 5) is 13.2. The molecule has 1 N–H and O–H groups in total. The van der Waals surface area contributed by atoms with Crippen LogP contribution in [0.4, 0.5) is 5.69 Å². The topological polar surface area (TPSA) is 40.5 Å². The van der Waals surface area contributed by atoms with Gasteiger partial charge in [0.2, 0.25) is 0 Å². The van der Waals surface area contributed by atoms with E-state index < -0.39 is 5.97 Å². The van der Waals surface area contributed by atoms with E-state index >= 15 is 0 Å². The molecule has 0 spiro atoms. The number of carbonyl (C=O) groups is 1. The van der Waals surface area contributed by atoms with Crippen LogP contribution < -0.4 is 4.90 Å². The van der Waals surface area contributed by atoms with Crippen molar-refractivity contribution in [1.29, 1.82) is 0 Å². The second kappa shape index (κ2) is 6.60. The second-order valence-electron chi connectivity index (χ2n) is 5.88. The SMILES string of the molecule is Cc1cc(C)cc(N(CC(C)C)CC(C)C(=O)O)c1. The number of hydrogen-bond acceptors (Lipinski definition) is 2. The minimum Gasteiger partial charge on any atom is -0.481 e. The zero-order valence-corrected chi connectivity index (χ0v) is 12.6. The van der Waals surface area contributed by atoms with Gasteiger partial charge in [-0.2, -0.15) is 0 Å². The number of carboxylic acids is 1. The van der Waals surface area contributed by atoms with Crippen molar-refractivity contribution in [2.24, 2.45) is 11.8 Å². The minimum absolute atomic E-state index is 0.362. The standard InChI is InChI=1S/C16H25NO2/c1-11(2)9-17(10-14(5)16(18)19)15-7-12(3)6-13(4)8-15/h6-8,11,14H,9-10H2,1-5H3,(H,18,19). The number of rotatable bonds is 6. The van der Waals surface area contributed by atoms with Gasteiger partial charge in [-0.15, -0.1) is 0 Å². The maximum atomic E-state index is 11.1. The van der Waals surface area contributed by atoms with Crippen molar-refractivity contribution in [3.8, 4) is 0 Å². The lowest BCUT2D eigenvalue weighted by Gasteiger charge is -2.29. The molecule has 19 heavy (non-hydrogen) atoms. The molecule has 0 saturated heterocycles. The Labute approximate surface area is 116 Å². The van der Waals surface area contributed by atoms with Gasteiger partial charge >= 0.3 is 5.97 Å². The second-order valence-corrected chi connectivity index (χ2v) is 5.88. The summed E-state index contributed by atoms with van der Waals surface area (Å²) in [5, 5.41) is 9.09. The monoisotopic (exact) mass is 263 g/mol. The molecule has 0 bridgehead atoms. The molecule has 0 fully saturated rings. The van der Waals surface area contributed by atoms with Crippen LogP contribution in [0, 0.1) is 25.7 Å². The van der Waals surface area contributed by atoms with Crippen molar-refractivity contribution >= 4 is 11.7 Å². The van der Waals surface area contributed by atoms with Gasteiger partial charge in [-0.1, -0.05) is 26.8 Å². The van der Waals surface area contributed by atoms with Gasteiger partial charge in [0.25, 0.3) is 0 Å². The van der Waals surface area contributed by atoms with Crippen LogP contribution in [0.15, 0.2) is 18.2 Å². The highest BCUT2D eigenvalue weighted by atomic mass is 16.4. The van der Waals surface area contributed by atoms with Crippen molar-refractivity contribution in [3.63, 3.8) is 0 Å². The number of aryl methyl sites for hydroxylation is 2. The van der Waals surface area contributed by atoms with Crippen LogP contribution in [0.3, 0.4) is 0 Å². The van der Waals surface area contributed by atoms with Crippen LogP contribution in [-0.4, -0.2) is 24.2 Å². The molecule has 0 amide bonds. The minimum atomic E-state index is -0.738. The van der Waals surface area contributed by atoms with Gasteiger partial charge in [0.1, 0.15) is 0 Å². The summed E-state index contributed by atoms with van der Waals surface area (Å²) < 4.78 is 0. The zero-order valence-electron chi connectivity index (χ0n) is 12.6. The van der Waals surface area contributed by atoms with Gasteiger partial charge in [0.05, 0.1) is 5.92 Å². The Bertz CT molecular complexity index is 420. The summed E-state index contributed by atoms with van der Waals surface area (Å²) in [6.07, 6.45) is 0.